The Labute approximate surface area is 141 Å². The predicted octanol–water partition coefficient (Wildman–Crippen LogP) is 3.48. The minimum Gasteiger partial charge on any atom is -0.480 e. The maximum Gasteiger partial charge on any atom is 0.323 e. The van der Waals surface area contributed by atoms with Crippen LogP contribution in [0.25, 0.3) is 0 Å². The van der Waals surface area contributed by atoms with E-state index in [1.807, 2.05) is 24.0 Å². The van der Waals surface area contributed by atoms with Crippen molar-refractivity contribution in [2.24, 2.45) is 7.05 Å². The largest absolute Gasteiger partial charge is 0.480 e. The van der Waals surface area contributed by atoms with Crippen molar-refractivity contribution in [3.05, 3.63) is 29.7 Å². The Bertz CT molecular complexity index is 707. The van der Waals surface area contributed by atoms with Gasteiger partial charge in [0.1, 0.15) is 17.3 Å². The molecule has 1 aliphatic rings. The number of nitrogens with one attached hydrogen (secondary N) is 1. The Morgan fingerprint density at radius 1 is 1.38 bits per heavy atom. The summed E-state index contributed by atoms with van der Waals surface area (Å²) in [5.74, 6) is 2.80. The fraction of sp³-hybridized carbons (Fsp3) is 0.529. The van der Waals surface area contributed by atoms with Gasteiger partial charge in [0.25, 0.3) is 0 Å². The number of carbonyl (C=O) groups excluding carboxylic acids is 1. The zero-order valence-corrected chi connectivity index (χ0v) is 14.4. The van der Waals surface area contributed by atoms with Crippen LogP contribution in [0, 0.1) is 6.92 Å². The van der Waals surface area contributed by atoms with Crippen molar-refractivity contribution >= 4 is 11.8 Å². The van der Waals surface area contributed by atoms with Gasteiger partial charge in [0, 0.05) is 19.7 Å². The summed E-state index contributed by atoms with van der Waals surface area (Å²) < 4.78 is 12.5. The van der Waals surface area contributed by atoms with Crippen LogP contribution >= 0.6 is 0 Å². The quantitative estimate of drug-likeness (QED) is 0.934. The second kappa shape index (κ2) is 6.98. The van der Waals surface area contributed by atoms with E-state index < -0.39 is 0 Å². The van der Waals surface area contributed by atoms with E-state index in [1.54, 1.807) is 24.9 Å². The van der Waals surface area contributed by atoms with Crippen LogP contribution in [0.1, 0.15) is 43.2 Å². The average molecular weight is 332 g/mol. The van der Waals surface area contributed by atoms with Gasteiger partial charge in [0.15, 0.2) is 0 Å². The maximum absolute atomic E-state index is 12.9. The van der Waals surface area contributed by atoms with Gasteiger partial charge < -0.3 is 14.1 Å². The van der Waals surface area contributed by atoms with E-state index in [0.29, 0.717) is 18.2 Å². The minimum absolute atomic E-state index is 0.0312. The third kappa shape index (κ3) is 3.39. The first-order valence-electron chi connectivity index (χ1n) is 8.30. The number of hydrogen-bond donors (Lipinski definition) is 1. The van der Waals surface area contributed by atoms with Crippen molar-refractivity contribution in [1.29, 1.82) is 0 Å². The van der Waals surface area contributed by atoms with E-state index in [2.05, 4.69) is 10.4 Å². The van der Waals surface area contributed by atoms with Crippen LogP contribution in [0.5, 0.6) is 5.88 Å². The number of likely N-dealkylation sites (tertiary alicyclic amines) is 1. The molecule has 0 aromatic carbocycles. The number of methoxy groups -OCH3 is 1. The number of furan rings is 1. The fourth-order valence-electron chi connectivity index (χ4n) is 3.12. The monoisotopic (exact) mass is 332 g/mol. The molecule has 1 fully saturated rings. The van der Waals surface area contributed by atoms with Gasteiger partial charge in [0.05, 0.1) is 13.2 Å². The van der Waals surface area contributed by atoms with Crippen LogP contribution in [-0.2, 0) is 7.05 Å². The number of aromatic nitrogens is 2. The topological polar surface area (TPSA) is 72.5 Å². The summed E-state index contributed by atoms with van der Waals surface area (Å²) in [7, 11) is 3.33. The zero-order chi connectivity index (χ0) is 17.1. The molecule has 2 amide bonds. The normalized spacial score (nSPS) is 18.3. The van der Waals surface area contributed by atoms with E-state index >= 15 is 0 Å². The molecule has 0 radical (unpaired) electrons. The molecule has 1 N–H and O–H groups in total. The third-order valence-corrected chi connectivity index (χ3v) is 4.40. The minimum atomic E-state index is -0.137. The molecule has 3 heterocycles. The van der Waals surface area contributed by atoms with Gasteiger partial charge in [-0.25, -0.2) is 9.48 Å². The van der Waals surface area contributed by atoms with E-state index in [4.69, 9.17) is 9.15 Å². The molecular formula is C17H24N4O3. The number of aryl methyl sites for hydroxylation is 2. The Morgan fingerprint density at radius 3 is 2.88 bits per heavy atom. The fourth-order valence-corrected chi connectivity index (χ4v) is 3.12. The molecule has 130 valence electrons. The molecular weight excluding hydrogens is 308 g/mol. The Morgan fingerprint density at radius 2 is 2.21 bits per heavy atom. The first kappa shape index (κ1) is 16.4. The summed E-state index contributed by atoms with van der Waals surface area (Å²) in [6.45, 7) is 2.64. The lowest BCUT2D eigenvalue weighted by Gasteiger charge is -2.28. The second-order valence-electron chi connectivity index (χ2n) is 6.13. The average Bonchev–Trinajstić information content (AvgIpc) is 3.04. The van der Waals surface area contributed by atoms with E-state index in [-0.39, 0.29) is 12.1 Å². The molecule has 0 spiro atoms. The molecule has 0 saturated carbocycles. The highest BCUT2D eigenvalue weighted by molar-refractivity contribution is 5.88. The molecule has 24 heavy (non-hydrogen) atoms. The van der Waals surface area contributed by atoms with Gasteiger partial charge in [-0.3, -0.25) is 5.32 Å². The van der Waals surface area contributed by atoms with Crippen molar-refractivity contribution in [2.45, 2.75) is 38.6 Å². The number of anilines is 1. The van der Waals surface area contributed by atoms with Crippen molar-refractivity contribution < 1.29 is 13.9 Å². The molecule has 7 nitrogen and oxygen atoms in total. The third-order valence-electron chi connectivity index (χ3n) is 4.40. The highest BCUT2D eigenvalue weighted by Gasteiger charge is 2.29. The summed E-state index contributed by atoms with van der Waals surface area (Å²) in [6, 6.07) is 5.46. The predicted molar refractivity (Wildman–Crippen MR) is 90.1 cm³/mol. The van der Waals surface area contributed by atoms with Gasteiger partial charge in [-0.15, -0.1) is 5.10 Å². The van der Waals surface area contributed by atoms with Crippen LogP contribution < -0.4 is 10.1 Å². The van der Waals surface area contributed by atoms with Crippen molar-refractivity contribution in [3.8, 4) is 5.88 Å². The van der Waals surface area contributed by atoms with Gasteiger partial charge in [0.2, 0.25) is 5.88 Å². The highest BCUT2D eigenvalue weighted by atomic mass is 16.5. The summed E-state index contributed by atoms with van der Waals surface area (Å²) >= 11 is 0. The maximum atomic E-state index is 12.9. The lowest BCUT2D eigenvalue weighted by molar-refractivity contribution is 0.178. The molecule has 2 aromatic heterocycles. The molecule has 3 rings (SSSR count). The summed E-state index contributed by atoms with van der Waals surface area (Å²) in [6.07, 6.45) is 4.13. The number of ether oxygens (including phenoxy) is 1. The van der Waals surface area contributed by atoms with Gasteiger partial charge in [-0.2, -0.15) is 0 Å². The summed E-state index contributed by atoms with van der Waals surface area (Å²) in [5, 5.41) is 7.10. The summed E-state index contributed by atoms with van der Waals surface area (Å²) in [4.78, 5) is 14.7. The zero-order valence-electron chi connectivity index (χ0n) is 14.4. The molecule has 1 saturated heterocycles. The number of rotatable bonds is 3. The van der Waals surface area contributed by atoms with Crippen LogP contribution in [-0.4, -0.2) is 34.4 Å². The smallest absolute Gasteiger partial charge is 0.323 e. The molecule has 1 unspecified atom stereocenters. The Hall–Kier alpha value is -2.44. The van der Waals surface area contributed by atoms with Crippen LogP contribution in [0.2, 0.25) is 0 Å². The van der Waals surface area contributed by atoms with E-state index in [9.17, 15) is 4.79 Å². The number of hydrogen-bond acceptors (Lipinski definition) is 4. The number of carbonyl (C=O) groups is 1. The van der Waals surface area contributed by atoms with Crippen molar-refractivity contribution in [3.63, 3.8) is 0 Å². The van der Waals surface area contributed by atoms with E-state index in [0.717, 1.165) is 37.2 Å². The van der Waals surface area contributed by atoms with Gasteiger partial charge in [-0.05, 0) is 31.9 Å². The molecule has 0 aliphatic carbocycles. The van der Waals surface area contributed by atoms with Crippen LogP contribution in [0.3, 0.4) is 0 Å². The summed E-state index contributed by atoms with van der Waals surface area (Å²) in [5.41, 5.74) is 0. The van der Waals surface area contributed by atoms with Gasteiger partial charge >= 0.3 is 6.03 Å². The number of urea groups is 1. The first-order chi connectivity index (χ1) is 11.6. The molecule has 1 atom stereocenters. The second-order valence-corrected chi connectivity index (χ2v) is 6.13. The first-order valence-corrected chi connectivity index (χ1v) is 8.30. The number of nitrogens with zero attached hydrogens (tertiary/aromatic N) is 3. The lowest BCUT2D eigenvalue weighted by Crippen LogP contribution is -2.38. The molecule has 2 aromatic rings. The van der Waals surface area contributed by atoms with E-state index in [1.165, 1.54) is 0 Å². The van der Waals surface area contributed by atoms with Gasteiger partial charge in [-0.1, -0.05) is 12.8 Å². The Balaban J connectivity index is 1.80. The Kier molecular flexibility index (Phi) is 4.78. The standard InChI is InChI=1S/C17H24N4O3/c1-12-8-9-14(24-12)13-7-5-4-6-10-21(13)17(22)18-15-11-16(23-3)19-20(15)2/h8-9,11,13H,4-7,10H2,1-3H3,(H,18,22). The van der Waals surface area contributed by atoms with Crippen molar-refractivity contribution in [1.82, 2.24) is 14.7 Å². The molecule has 0 bridgehead atoms. The van der Waals surface area contributed by atoms with Crippen molar-refractivity contribution in [2.75, 3.05) is 19.0 Å². The molecule has 1 aliphatic heterocycles. The SMILES string of the molecule is COc1cc(NC(=O)N2CCCCCC2c2ccc(C)o2)n(C)n1. The lowest BCUT2D eigenvalue weighted by atomic mass is 10.1. The van der Waals surface area contributed by atoms with Crippen LogP contribution in [0.15, 0.2) is 22.6 Å². The highest BCUT2D eigenvalue weighted by Crippen LogP contribution is 2.32. The number of amides is 2. The van der Waals surface area contributed by atoms with Crippen LogP contribution in [0.4, 0.5) is 10.6 Å². The molecule has 7 heteroatoms.